The first-order valence-corrected chi connectivity index (χ1v) is 11.0. The van der Waals surface area contributed by atoms with Gasteiger partial charge < -0.3 is 10.2 Å². The molecule has 0 radical (unpaired) electrons. The summed E-state index contributed by atoms with van der Waals surface area (Å²) in [5.41, 5.74) is 0. The summed E-state index contributed by atoms with van der Waals surface area (Å²) < 4.78 is 27.3. The van der Waals surface area contributed by atoms with E-state index in [-0.39, 0.29) is 24.4 Å². The Balaban J connectivity index is 0.00000312. The number of carbonyl (C=O) groups is 1. The topological polar surface area (TPSA) is 78.5 Å². The minimum Gasteiger partial charge on any atom is -0.342 e. The van der Waals surface area contributed by atoms with Crippen LogP contribution in [0.15, 0.2) is 0 Å². The summed E-state index contributed by atoms with van der Waals surface area (Å²) in [5.74, 6) is 0.606. The zero-order valence-corrected chi connectivity index (χ0v) is 17.1. The van der Waals surface area contributed by atoms with Crippen LogP contribution in [0.3, 0.4) is 0 Å². The lowest BCUT2D eigenvalue weighted by Gasteiger charge is -2.32. The Kier molecular flexibility index (Phi) is 9.70. The van der Waals surface area contributed by atoms with E-state index in [1.165, 1.54) is 0 Å². The first-order valence-electron chi connectivity index (χ1n) is 9.38. The van der Waals surface area contributed by atoms with Crippen molar-refractivity contribution >= 4 is 28.3 Å². The molecule has 25 heavy (non-hydrogen) atoms. The van der Waals surface area contributed by atoms with Gasteiger partial charge in [0.05, 0.1) is 0 Å². The van der Waals surface area contributed by atoms with Gasteiger partial charge >= 0.3 is 0 Å². The molecule has 0 aromatic rings. The van der Waals surface area contributed by atoms with E-state index in [0.29, 0.717) is 24.9 Å². The maximum absolute atomic E-state index is 12.3. The first kappa shape index (κ1) is 22.7. The Hall–Kier alpha value is -0.370. The summed E-state index contributed by atoms with van der Waals surface area (Å²) in [5, 5.41) is 3.34. The Bertz CT molecular complexity index is 499. The van der Waals surface area contributed by atoms with Crippen LogP contribution in [-0.4, -0.2) is 57.2 Å². The third-order valence-corrected chi connectivity index (χ3v) is 6.65. The van der Waals surface area contributed by atoms with Crippen molar-refractivity contribution in [1.82, 2.24) is 14.9 Å². The van der Waals surface area contributed by atoms with E-state index in [2.05, 4.69) is 23.9 Å². The lowest BCUT2D eigenvalue weighted by atomic mass is 9.88. The Morgan fingerprint density at radius 2 is 1.68 bits per heavy atom. The van der Waals surface area contributed by atoms with Crippen LogP contribution in [0.25, 0.3) is 0 Å². The maximum atomic E-state index is 12.3. The van der Waals surface area contributed by atoms with E-state index in [9.17, 15) is 13.2 Å². The first-order chi connectivity index (χ1) is 11.4. The summed E-state index contributed by atoms with van der Waals surface area (Å²) >= 11 is 0. The number of likely N-dealkylation sites (tertiary alicyclic amines) is 1. The second-order valence-corrected chi connectivity index (χ2v) is 9.22. The molecule has 1 saturated carbocycles. The van der Waals surface area contributed by atoms with Gasteiger partial charge in [0.25, 0.3) is 0 Å². The number of nitrogens with zero attached hydrogens (tertiary/aromatic N) is 1. The van der Waals surface area contributed by atoms with Gasteiger partial charge in [-0.1, -0.05) is 13.8 Å². The van der Waals surface area contributed by atoms with Gasteiger partial charge in [-0.05, 0) is 63.5 Å². The van der Waals surface area contributed by atoms with Crippen LogP contribution >= 0.6 is 12.4 Å². The third-order valence-electron chi connectivity index (χ3n) is 5.33. The third kappa shape index (κ3) is 7.81. The molecule has 148 valence electrons. The standard InChI is InChI=1S/C17H33N3O3S.ClH/c1-3-18-12-15-8-10-20(11-9-15)17(21)13-24(22,23)19-16-6-4-14(2)5-7-16;/h14-16,18-19H,3-13H2,1-2H3;1H. The molecule has 2 fully saturated rings. The molecule has 1 aliphatic heterocycles. The molecule has 0 bridgehead atoms. The Morgan fingerprint density at radius 1 is 1.08 bits per heavy atom. The zero-order chi connectivity index (χ0) is 17.6. The number of hydrogen-bond donors (Lipinski definition) is 2. The molecule has 0 atom stereocenters. The molecule has 1 heterocycles. The van der Waals surface area contributed by atoms with Crippen LogP contribution in [0.4, 0.5) is 0 Å². The van der Waals surface area contributed by atoms with E-state index in [1.807, 2.05) is 0 Å². The quantitative estimate of drug-likeness (QED) is 0.688. The van der Waals surface area contributed by atoms with Crippen molar-refractivity contribution in [1.29, 1.82) is 0 Å². The van der Waals surface area contributed by atoms with Gasteiger partial charge in [-0.15, -0.1) is 12.4 Å². The van der Waals surface area contributed by atoms with Crippen molar-refractivity contribution in [2.75, 3.05) is 31.9 Å². The van der Waals surface area contributed by atoms with Gasteiger partial charge in [-0.2, -0.15) is 0 Å². The number of sulfonamides is 1. The normalized spacial score (nSPS) is 25.4. The molecule has 0 aromatic heterocycles. The van der Waals surface area contributed by atoms with Crippen LogP contribution in [0.1, 0.15) is 52.4 Å². The predicted octanol–water partition coefficient (Wildman–Crippen LogP) is 1.75. The molecule has 6 nitrogen and oxygen atoms in total. The van der Waals surface area contributed by atoms with Crippen molar-refractivity contribution in [2.45, 2.75) is 58.4 Å². The molecular weight excluding hydrogens is 362 g/mol. The van der Waals surface area contributed by atoms with E-state index >= 15 is 0 Å². The molecule has 2 N–H and O–H groups in total. The minimum atomic E-state index is -3.53. The van der Waals surface area contributed by atoms with Crippen LogP contribution in [0.2, 0.25) is 0 Å². The fraction of sp³-hybridized carbons (Fsp3) is 0.941. The molecular formula is C17H34ClN3O3S. The highest BCUT2D eigenvalue weighted by molar-refractivity contribution is 7.90. The number of amides is 1. The van der Waals surface area contributed by atoms with Crippen LogP contribution in [0.5, 0.6) is 0 Å². The van der Waals surface area contributed by atoms with Gasteiger partial charge in [0.2, 0.25) is 15.9 Å². The van der Waals surface area contributed by atoms with Crippen LogP contribution in [0, 0.1) is 11.8 Å². The fourth-order valence-electron chi connectivity index (χ4n) is 3.66. The molecule has 1 aliphatic carbocycles. The highest BCUT2D eigenvalue weighted by Gasteiger charge is 2.28. The van der Waals surface area contributed by atoms with Gasteiger partial charge in [0, 0.05) is 19.1 Å². The van der Waals surface area contributed by atoms with Gasteiger partial charge in [-0.25, -0.2) is 13.1 Å². The SMILES string of the molecule is CCNCC1CCN(C(=O)CS(=O)(=O)NC2CCC(C)CC2)CC1.Cl. The van der Waals surface area contributed by atoms with E-state index < -0.39 is 15.8 Å². The molecule has 2 rings (SSSR count). The van der Waals surface area contributed by atoms with Crippen molar-refractivity contribution in [2.24, 2.45) is 11.8 Å². The van der Waals surface area contributed by atoms with Gasteiger partial charge in [0.15, 0.2) is 0 Å². The molecule has 0 unspecified atom stereocenters. The summed E-state index contributed by atoms with van der Waals surface area (Å²) in [6, 6.07) is 0.00449. The average molecular weight is 396 g/mol. The largest absolute Gasteiger partial charge is 0.342 e. The van der Waals surface area contributed by atoms with E-state index in [0.717, 1.165) is 51.6 Å². The maximum Gasteiger partial charge on any atom is 0.239 e. The van der Waals surface area contributed by atoms with Crippen molar-refractivity contribution in [3.8, 4) is 0 Å². The van der Waals surface area contributed by atoms with E-state index in [1.54, 1.807) is 4.90 Å². The molecule has 2 aliphatic rings. The van der Waals surface area contributed by atoms with Crippen molar-refractivity contribution in [3.05, 3.63) is 0 Å². The number of hydrogen-bond acceptors (Lipinski definition) is 4. The number of nitrogens with one attached hydrogen (secondary N) is 2. The fourth-order valence-corrected chi connectivity index (χ4v) is 5.00. The van der Waals surface area contributed by atoms with Gasteiger partial charge in [-0.3, -0.25) is 4.79 Å². The van der Waals surface area contributed by atoms with Crippen LogP contribution in [-0.2, 0) is 14.8 Å². The van der Waals surface area contributed by atoms with Crippen molar-refractivity contribution < 1.29 is 13.2 Å². The minimum absolute atomic E-state index is 0. The summed E-state index contributed by atoms with van der Waals surface area (Å²) in [7, 11) is -3.53. The number of rotatable bonds is 7. The monoisotopic (exact) mass is 395 g/mol. The second kappa shape index (κ2) is 10.7. The van der Waals surface area contributed by atoms with Gasteiger partial charge in [0.1, 0.15) is 5.75 Å². The Morgan fingerprint density at radius 3 is 2.24 bits per heavy atom. The molecule has 0 aromatic carbocycles. The molecule has 8 heteroatoms. The Labute approximate surface area is 159 Å². The highest BCUT2D eigenvalue weighted by Crippen LogP contribution is 2.24. The smallest absolute Gasteiger partial charge is 0.239 e. The second-order valence-electron chi connectivity index (χ2n) is 7.47. The predicted molar refractivity (Wildman–Crippen MR) is 103 cm³/mol. The summed E-state index contributed by atoms with van der Waals surface area (Å²) in [6.07, 6.45) is 5.77. The number of carbonyl (C=O) groups excluding carboxylic acids is 1. The van der Waals surface area contributed by atoms with Crippen molar-refractivity contribution in [3.63, 3.8) is 0 Å². The zero-order valence-electron chi connectivity index (χ0n) is 15.5. The van der Waals surface area contributed by atoms with E-state index in [4.69, 9.17) is 0 Å². The van der Waals surface area contributed by atoms with Crippen LogP contribution < -0.4 is 10.0 Å². The summed E-state index contributed by atoms with van der Waals surface area (Å²) in [6.45, 7) is 7.58. The lowest BCUT2D eigenvalue weighted by molar-refractivity contribution is -0.129. The number of halogens is 1. The summed E-state index contributed by atoms with van der Waals surface area (Å²) in [4.78, 5) is 14.0. The molecule has 1 amide bonds. The average Bonchev–Trinajstić information content (AvgIpc) is 2.55. The number of piperidine rings is 1. The highest BCUT2D eigenvalue weighted by atomic mass is 35.5. The molecule has 1 saturated heterocycles. The molecule has 0 spiro atoms. The lowest BCUT2D eigenvalue weighted by Crippen LogP contribution is -2.46.